The molecule has 1 fully saturated rings. The van der Waals surface area contributed by atoms with Crippen molar-refractivity contribution in [2.75, 3.05) is 32.7 Å². The zero-order valence-corrected chi connectivity index (χ0v) is 10.7. The summed E-state index contributed by atoms with van der Waals surface area (Å²) in [5.41, 5.74) is 7.47. The molecule has 0 aromatic heterocycles. The first kappa shape index (κ1) is 13.1. The Morgan fingerprint density at radius 1 is 1.22 bits per heavy atom. The number of hydrogen-bond donors (Lipinski definition) is 2. The summed E-state index contributed by atoms with van der Waals surface area (Å²) in [5.74, 6) is 0.137. The standard InChI is InChI=1S/C14H21N3O/c15-7-6-12-2-4-13(5-3-12)14(18)17-10-1-8-16-9-11-17/h2-5,16H,1,6-11,15H2. The van der Waals surface area contributed by atoms with Crippen molar-refractivity contribution in [3.63, 3.8) is 0 Å². The van der Waals surface area contributed by atoms with Crippen LogP contribution in [0.5, 0.6) is 0 Å². The molecule has 4 heteroatoms. The van der Waals surface area contributed by atoms with Crippen LogP contribution in [0.25, 0.3) is 0 Å². The number of rotatable bonds is 3. The number of carbonyl (C=O) groups excluding carboxylic acids is 1. The molecule has 2 rings (SSSR count). The SMILES string of the molecule is NCCc1ccc(C(=O)N2CCCNCC2)cc1. The summed E-state index contributed by atoms with van der Waals surface area (Å²) >= 11 is 0. The van der Waals surface area contributed by atoms with Crippen LogP contribution in [-0.2, 0) is 6.42 Å². The van der Waals surface area contributed by atoms with E-state index in [0.29, 0.717) is 6.54 Å². The van der Waals surface area contributed by atoms with Gasteiger partial charge in [0.1, 0.15) is 0 Å². The second-order valence-electron chi connectivity index (χ2n) is 4.63. The van der Waals surface area contributed by atoms with Gasteiger partial charge in [-0.3, -0.25) is 4.79 Å². The van der Waals surface area contributed by atoms with Gasteiger partial charge in [-0.2, -0.15) is 0 Å². The molecule has 0 unspecified atom stereocenters. The van der Waals surface area contributed by atoms with Crippen LogP contribution in [0.15, 0.2) is 24.3 Å². The van der Waals surface area contributed by atoms with E-state index >= 15 is 0 Å². The van der Waals surface area contributed by atoms with Crippen LogP contribution in [0.3, 0.4) is 0 Å². The third kappa shape index (κ3) is 3.31. The molecule has 0 spiro atoms. The smallest absolute Gasteiger partial charge is 0.253 e. The normalized spacial score (nSPS) is 16.4. The van der Waals surface area contributed by atoms with Gasteiger partial charge < -0.3 is 16.0 Å². The molecule has 1 saturated heterocycles. The van der Waals surface area contributed by atoms with E-state index in [0.717, 1.165) is 44.6 Å². The van der Waals surface area contributed by atoms with Gasteiger partial charge >= 0.3 is 0 Å². The Kier molecular flexibility index (Phi) is 4.73. The van der Waals surface area contributed by atoms with E-state index in [1.807, 2.05) is 29.2 Å². The molecular weight excluding hydrogens is 226 g/mol. The summed E-state index contributed by atoms with van der Waals surface area (Å²) in [5, 5.41) is 3.30. The minimum absolute atomic E-state index is 0.137. The summed E-state index contributed by atoms with van der Waals surface area (Å²) in [6.07, 6.45) is 1.89. The Morgan fingerprint density at radius 2 is 2.00 bits per heavy atom. The highest BCUT2D eigenvalue weighted by atomic mass is 16.2. The fraction of sp³-hybridized carbons (Fsp3) is 0.500. The molecule has 0 saturated carbocycles. The minimum atomic E-state index is 0.137. The Labute approximate surface area is 108 Å². The zero-order chi connectivity index (χ0) is 12.8. The van der Waals surface area contributed by atoms with Gasteiger partial charge in [-0.25, -0.2) is 0 Å². The van der Waals surface area contributed by atoms with Crippen LogP contribution in [0.2, 0.25) is 0 Å². The third-order valence-corrected chi connectivity index (χ3v) is 3.26. The van der Waals surface area contributed by atoms with Crippen LogP contribution in [-0.4, -0.2) is 43.5 Å². The number of hydrogen-bond acceptors (Lipinski definition) is 3. The summed E-state index contributed by atoms with van der Waals surface area (Å²) in [4.78, 5) is 14.2. The van der Waals surface area contributed by atoms with Crippen molar-refractivity contribution in [2.24, 2.45) is 5.73 Å². The Hall–Kier alpha value is -1.39. The molecule has 0 bridgehead atoms. The molecule has 1 amide bonds. The first-order chi connectivity index (χ1) is 8.81. The number of carbonyl (C=O) groups is 1. The van der Waals surface area contributed by atoms with Gasteiger partial charge in [0.25, 0.3) is 5.91 Å². The van der Waals surface area contributed by atoms with Gasteiger partial charge in [0.15, 0.2) is 0 Å². The first-order valence-corrected chi connectivity index (χ1v) is 6.60. The maximum atomic E-state index is 12.3. The number of nitrogens with one attached hydrogen (secondary N) is 1. The number of nitrogens with two attached hydrogens (primary N) is 1. The molecule has 1 aromatic rings. The second kappa shape index (κ2) is 6.52. The monoisotopic (exact) mass is 247 g/mol. The Balaban J connectivity index is 2.02. The molecule has 1 aromatic carbocycles. The van der Waals surface area contributed by atoms with Crippen LogP contribution < -0.4 is 11.1 Å². The van der Waals surface area contributed by atoms with Crippen molar-refractivity contribution in [3.8, 4) is 0 Å². The molecular formula is C14H21N3O. The van der Waals surface area contributed by atoms with E-state index in [2.05, 4.69) is 5.32 Å². The number of amides is 1. The largest absolute Gasteiger partial charge is 0.337 e. The lowest BCUT2D eigenvalue weighted by Crippen LogP contribution is -2.34. The predicted octanol–water partition coefficient (Wildman–Crippen LogP) is 0.623. The summed E-state index contributed by atoms with van der Waals surface area (Å²) in [7, 11) is 0. The molecule has 98 valence electrons. The van der Waals surface area contributed by atoms with Crippen molar-refractivity contribution in [3.05, 3.63) is 35.4 Å². The van der Waals surface area contributed by atoms with Gasteiger partial charge in [0.2, 0.25) is 0 Å². The highest BCUT2D eigenvalue weighted by molar-refractivity contribution is 5.94. The molecule has 4 nitrogen and oxygen atoms in total. The fourth-order valence-electron chi connectivity index (χ4n) is 2.21. The van der Waals surface area contributed by atoms with Crippen molar-refractivity contribution in [1.82, 2.24) is 10.2 Å². The minimum Gasteiger partial charge on any atom is -0.337 e. The third-order valence-electron chi connectivity index (χ3n) is 3.26. The van der Waals surface area contributed by atoms with Crippen LogP contribution in [0.1, 0.15) is 22.3 Å². The van der Waals surface area contributed by atoms with Crippen molar-refractivity contribution >= 4 is 5.91 Å². The lowest BCUT2D eigenvalue weighted by molar-refractivity contribution is 0.0766. The average Bonchev–Trinajstić information content (AvgIpc) is 2.68. The van der Waals surface area contributed by atoms with E-state index in [1.54, 1.807) is 0 Å². The lowest BCUT2D eigenvalue weighted by atomic mass is 10.1. The maximum Gasteiger partial charge on any atom is 0.253 e. The molecule has 1 aliphatic rings. The molecule has 1 heterocycles. The summed E-state index contributed by atoms with van der Waals surface area (Å²) in [6.45, 7) is 4.17. The van der Waals surface area contributed by atoms with Gasteiger partial charge in [-0.15, -0.1) is 0 Å². The van der Waals surface area contributed by atoms with Gasteiger partial charge in [-0.1, -0.05) is 12.1 Å². The highest BCUT2D eigenvalue weighted by Crippen LogP contribution is 2.09. The summed E-state index contributed by atoms with van der Waals surface area (Å²) < 4.78 is 0. The van der Waals surface area contributed by atoms with Crippen molar-refractivity contribution in [1.29, 1.82) is 0 Å². The molecule has 0 aliphatic carbocycles. The fourth-order valence-corrected chi connectivity index (χ4v) is 2.21. The highest BCUT2D eigenvalue weighted by Gasteiger charge is 2.16. The predicted molar refractivity (Wildman–Crippen MR) is 72.6 cm³/mol. The van der Waals surface area contributed by atoms with E-state index in [4.69, 9.17) is 5.73 Å². The van der Waals surface area contributed by atoms with Crippen LogP contribution >= 0.6 is 0 Å². The maximum absolute atomic E-state index is 12.3. The lowest BCUT2D eigenvalue weighted by Gasteiger charge is -2.20. The molecule has 0 radical (unpaired) electrons. The first-order valence-electron chi connectivity index (χ1n) is 6.60. The van der Waals surface area contributed by atoms with E-state index < -0.39 is 0 Å². The molecule has 1 aliphatic heterocycles. The number of benzene rings is 1. The van der Waals surface area contributed by atoms with Gasteiger partial charge in [0, 0.05) is 25.2 Å². The van der Waals surface area contributed by atoms with E-state index in [-0.39, 0.29) is 5.91 Å². The van der Waals surface area contributed by atoms with E-state index in [1.165, 1.54) is 5.56 Å². The zero-order valence-electron chi connectivity index (χ0n) is 10.7. The van der Waals surface area contributed by atoms with Crippen LogP contribution in [0, 0.1) is 0 Å². The van der Waals surface area contributed by atoms with Gasteiger partial charge in [0.05, 0.1) is 0 Å². The number of nitrogens with zero attached hydrogens (tertiary/aromatic N) is 1. The molecule has 18 heavy (non-hydrogen) atoms. The van der Waals surface area contributed by atoms with Gasteiger partial charge in [-0.05, 0) is 43.6 Å². The summed E-state index contributed by atoms with van der Waals surface area (Å²) in [6, 6.07) is 7.81. The van der Waals surface area contributed by atoms with Crippen molar-refractivity contribution < 1.29 is 4.79 Å². The molecule has 0 atom stereocenters. The average molecular weight is 247 g/mol. The Morgan fingerprint density at radius 3 is 2.72 bits per heavy atom. The molecule has 3 N–H and O–H groups in total. The Bertz CT molecular complexity index is 381. The van der Waals surface area contributed by atoms with Crippen LogP contribution in [0.4, 0.5) is 0 Å². The quantitative estimate of drug-likeness (QED) is 0.823. The van der Waals surface area contributed by atoms with Crippen molar-refractivity contribution in [2.45, 2.75) is 12.8 Å². The second-order valence-corrected chi connectivity index (χ2v) is 4.63. The van der Waals surface area contributed by atoms with E-state index in [9.17, 15) is 4.79 Å². The topological polar surface area (TPSA) is 58.4 Å².